The van der Waals surface area contributed by atoms with Crippen LogP contribution in [0.2, 0.25) is 0 Å². The molecule has 96 valence electrons. The molecule has 0 aromatic rings. The number of rotatable bonds is 6. The maximum absolute atomic E-state index is 11.6. The van der Waals surface area contributed by atoms with Gasteiger partial charge in [0.15, 0.2) is 0 Å². The lowest BCUT2D eigenvalue weighted by Crippen LogP contribution is -2.34. The number of hydrogen-bond donors (Lipinski definition) is 1. The highest BCUT2D eigenvalue weighted by Gasteiger charge is 2.32. The van der Waals surface area contributed by atoms with Crippen LogP contribution < -0.4 is 0 Å². The maximum atomic E-state index is 11.6. The fourth-order valence-corrected chi connectivity index (χ4v) is 2.01. The van der Waals surface area contributed by atoms with E-state index in [0.717, 1.165) is 12.8 Å². The Kier molecular flexibility index (Phi) is 4.78. The molecule has 1 N–H and O–H groups in total. The van der Waals surface area contributed by atoms with E-state index in [2.05, 4.69) is 10.0 Å². The first kappa shape index (κ1) is 13.8. The summed E-state index contributed by atoms with van der Waals surface area (Å²) in [5.41, 5.74) is 7.46. The monoisotopic (exact) mass is 241 g/mol. The number of nitrogens with zero attached hydrogens (tertiary/aromatic N) is 3. The first-order valence-electron chi connectivity index (χ1n) is 5.80. The van der Waals surface area contributed by atoms with Crippen molar-refractivity contribution in [3.63, 3.8) is 0 Å². The minimum Gasteiger partial charge on any atom is -0.460 e. The number of aliphatic hydroxyl groups excluding tert-OH is 1. The second kappa shape index (κ2) is 5.89. The summed E-state index contributed by atoms with van der Waals surface area (Å²) >= 11 is 0. The first-order chi connectivity index (χ1) is 7.96. The zero-order chi connectivity index (χ0) is 12.9. The minimum absolute atomic E-state index is 0.138. The molecule has 0 saturated heterocycles. The van der Waals surface area contributed by atoms with E-state index < -0.39 is 5.60 Å². The van der Waals surface area contributed by atoms with Gasteiger partial charge in [-0.1, -0.05) is 5.11 Å². The summed E-state index contributed by atoms with van der Waals surface area (Å²) in [6.45, 7) is 3.78. The van der Waals surface area contributed by atoms with E-state index in [4.69, 9.17) is 15.4 Å². The lowest BCUT2D eigenvalue weighted by molar-refractivity contribution is -0.158. The number of carbonyl (C=O) groups excluding carboxylic acids is 1. The van der Waals surface area contributed by atoms with E-state index in [1.807, 2.05) is 0 Å². The van der Waals surface area contributed by atoms with E-state index in [0.29, 0.717) is 18.3 Å². The second-order valence-corrected chi connectivity index (χ2v) is 5.21. The van der Waals surface area contributed by atoms with Gasteiger partial charge in [-0.25, -0.2) is 0 Å². The van der Waals surface area contributed by atoms with Crippen molar-refractivity contribution in [3.8, 4) is 0 Å². The van der Waals surface area contributed by atoms with Crippen molar-refractivity contribution < 1.29 is 14.6 Å². The van der Waals surface area contributed by atoms with Crippen molar-refractivity contribution in [1.82, 2.24) is 0 Å². The number of azide groups is 1. The van der Waals surface area contributed by atoms with Gasteiger partial charge in [0.25, 0.3) is 0 Å². The average molecular weight is 241 g/mol. The molecule has 0 amide bonds. The fraction of sp³-hybridized carbons (Fsp3) is 0.909. The molecule has 1 aliphatic carbocycles. The molecule has 0 heterocycles. The molecule has 17 heavy (non-hydrogen) atoms. The Morgan fingerprint density at radius 3 is 2.71 bits per heavy atom. The van der Waals surface area contributed by atoms with Gasteiger partial charge in [0.2, 0.25) is 0 Å². The second-order valence-electron chi connectivity index (χ2n) is 5.21. The molecule has 6 heteroatoms. The van der Waals surface area contributed by atoms with Gasteiger partial charge in [-0.3, -0.25) is 4.79 Å². The Bertz CT molecular complexity index is 318. The number of carbonyl (C=O) groups is 1. The van der Waals surface area contributed by atoms with Crippen LogP contribution in [0.4, 0.5) is 0 Å². The summed E-state index contributed by atoms with van der Waals surface area (Å²) < 4.78 is 5.25. The average Bonchev–Trinajstić information content (AvgIpc) is 2.19. The third-order valence-corrected chi connectivity index (χ3v) is 2.95. The molecule has 0 aromatic carbocycles. The Balaban J connectivity index is 2.27. The molecule has 1 saturated carbocycles. The summed E-state index contributed by atoms with van der Waals surface area (Å²) in [5, 5.41) is 12.3. The third kappa shape index (κ3) is 4.63. The Morgan fingerprint density at radius 1 is 1.53 bits per heavy atom. The van der Waals surface area contributed by atoms with E-state index >= 15 is 0 Å². The van der Waals surface area contributed by atoms with Gasteiger partial charge in [-0.2, -0.15) is 0 Å². The van der Waals surface area contributed by atoms with Crippen molar-refractivity contribution in [3.05, 3.63) is 10.4 Å². The highest BCUT2D eigenvalue weighted by molar-refractivity contribution is 5.70. The molecule has 1 rings (SSSR count). The zero-order valence-corrected chi connectivity index (χ0v) is 10.3. The number of esters is 1. The van der Waals surface area contributed by atoms with E-state index in [1.54, 1.807) is 13.8 Å². The summed E-state index contributed by atoms with van der Waals surface area (Å²) in [4.78, 5) is 14.2. The van der Waals surface area contributed by atoms with E-state index in [1.165, 1.54) is 0 Å². The summed E-state index contributed by atoms with van der Waals surface area (Å²) in [7, 11) is 0. The van der Waals surface area contributed by atoms with Crippen molar-refractivity contribution >= 4 is 5.97 Å². The standard InChI is InChI=1S/C11H19N3O3/c1-11(2,7-13-14-12)17-10(16)5-8-3-9(4-8)6-15/h8-9,15H,3-7H2,1-2H3. The van der Waals surface area contributed by atoms with Gasteiger partial charge in [-0.05, 0) is 44.1 Å². The van der Waals surface area contributed by atoms with Crippen LogP contribution in [0.15, 0.2) is 5.11 Å². The van der Waals surface area contributed by atoms with Gasteiger partial charge >= 0.3 is 5.97 Å². The van der Waals surface area contributed by atoms with Gasteiger partial charge in [0.05, 0.1) is 6.54 Å². The molecule has 0 aromatic heterocycles. The van der Waals surface area contributed by atoms with Crippen LogP contribution in [0.3, 0.4) is 0 Å². The van der Waals surface area contributed by atoms with Crippen LogP contribution in [0.5, 0.6) is 0 Å². The highest BCUT2D eigenvalue weighted by Crippen LogP contribution is 2.36. The van der Waals surface area contributed by atoms with Gasteiger partial charge in [0, 0.05) is 17.9 Å². The molecular formula is C11H19N3O3. The van der Waals surface area contributed by atoms with Crippen molar-refractivity contribution in [2.75, 3.05) is 13.2 Å². The van der Waals surface area contributed by atoms with Crippen LogP contribution in [0.25, 0.3) is 10.4 Å². The molecule has 1 aliphatic rings. The molecule has 6 nitrogen and oxygen atoms in total. The fourth-order valence-electron chi connectivity index (χ4n) is 2.01. The van der Waals surface area contributed by atoms with Crippen molar-refractivity contribution in [2.45, 2.75) is 38.7 Å². The third-order valence-electron chi connectivity index (χ3n) is 2.95. The summed E-state index contributed by atoms with van der Waals surface area (Å²) in [6, 6.07) is 0. The lowest BCUT2D eigenvalue weighted by atomic mass is 9.74. The Morgan fingerprint density at radius 2 is 2.18 bits per heavy atom. The van der Waals surface area contributed by atoms with Gasteiger partial charge in [-0.15, -0.1) is 0 Å². The molecule has 1 fully saturated rings. The van der Waals surface area contributed by atoms with Crippen LogP contribution in [-0.2, 0) is 9.53 Å². The molecule has 0 aliphatic heterocycles. The quantitative estimate of drug-likeness (QED) is 0.333. The van der Waals surface area contributed by atoms with Gasteiger partial charge in [0.1, 0.15) is 5.60 Å². The number of ether oxygens (including phenoxy) is 1. The molecular weight excluding hydrogens is 222 g/mol. The normalized spacial score (nSPS) is 23.5. The molecule has 0 spiro atoms. The SMILES string of the molecule is CC(C)(CN=[N+]=[N-])OC(=O)CC1CC(CO)C1. The Labute approximate surface area is 101 Å². The topological polar surface area (TPSA) is 95.3 Å². The number of hydrogen-bond acceptors (Lipinski definition) is 4. The Hall–Kier alpha value is -1.26. The van der Waals surface area contributed by atoms with E-state index in [9.17, 15) is 4.79 Å². The molecule has 0 atom stereocenters. The van der Waals surface area contributed by atoms with Gasteiger partial charge < -0.3 is 9.84 Å². The van der Waals surface area contributed by atoms with Crippen molar-refractivity contribution in [1.29, 1.82) is 0 Å². The molecule has 0 bridgehead atoms. The summed E-state index contributed by atoms with van der Waals surface area (Å²) in [6.07, 6.45) is 2.17. The molecule has 0 unspecified atom stereocenters. The van der Waals surface area contributed by atoms with E-state index in [-0.39, 0.29) is 19.1 Å². The summed E-state index contributed by atoms with van der Waals surface area (Å²) in [5.74, 6) is 0.420. The predicted molar refractivity (Wildman–Crippen MR) is 62.1 cm³/mol. The first-order valence-corrected chi connectivity index (χ1v) is 5.80. The largest absolute Gasteiger partial charge is 0.460 e. The number of aliphatic hydroxyl groups is 1. The van der Waals surface area contributed by atoms with Crippen LogP contribution >= 0.6 is 0 Å². The van der Waals surface area contributed by atoms with Crippen LogP contribution in [0.1, 0.15) is 33.1 Å². The molecule has 0 radical (unpaired) electrons. The lowest BCUT2D eigenvalue weighted by Gasteiger charge is -2.34. The van der Waals surface area contributed by atoms with Crippen LogP contribution in [0, 0.1) is 11.8 Å². The minimum atomic E-state index is -0.747. The maximum Gasteiger partial charge on any atom is 0.306 e. The smallest absolute Gasteiger partial charge is 0.306 e. The van der Waals surface area contributed by atoms with Crippen molar-refractivity contribution in [2.24, 2.45) is 17.0 Å². The predicted octanol–water partition coefficient (Wildman–Crippen LogP) is 2.03. The highest BCUT2D eigenvalue weighted by atomic mass is 16.6. The zero-order valence-electron chi connectivity index (χ0n) is 10.3. The van der Waals surface area contributed by atoms with Crippen LogP contribution in [-0.4, -0.2) is 29.8 Å².